The Hall–Kier alpha value is -2.61. The predicted octanol–water partition coefficient (Wildman–Crippen LogP) is 2.93. The fourth-order valence-electron chi connectivity index (χ4n) is 5.89. The summed E-state index contributed by atoms with van der Waals surface area (Å²) in [5.41, 5.74) is 0.910. The van der Waals surface area contributed by atoms with Crippen molar-refractivity contribution >= 4 is 17.7 Å². The Morgan fingerprint density at radius 2 is 1.69 bits per heavy atom. The molecule has 4 rings (SSSR count). The van der Waals surface area contributed by atoms with Crippen LogP contribution in [0.25, 0.3) is 0 Å². The number of rotatable bonds is 8. The van der Waals surface area contributed by atoms with E-state index < -0.39 is 0 Å². The molecule has 3 heterocycles. The lowest BCUT2D eigenvalue weighted by molar-refractivity contribution is -0.149. The average molecular weight is 499 g/mol. The molecule has 2 unspecified atom stereocenters. The van der Waals surface area contributed by atoms with Crippen LogP contribution in [0, 0.1) is 5.92 Å². The van der Waals surface area contributed by atoms with Crippen molar-refractivity contribution in [1.82, 2.24) is 19.6 Å². The summed E-state index contributed by atoms with van der Waals surface area (Å²) < 4.78 is 5.66. The van der Waals surface area contributed by atoms with E-state index in [4.69, 9.17) is 4.74 Å². The maximum absolute atomic E-state index is 13.9. The molecule has 0 spiro atoms. The molecule has 1 aromatic carbocycles. The molecule has 0 aromatic heterocycles. The van der Waals surface area contributed by atoms with Gasteiger partial charge in [-0.15, -0.1) is 0 Å². The molecule has 8 nitrogen and oxygen atoms in total. The Morgan fingerprint density at radius 3 is 2.39 bits per heavy atom. The lowest BCUT2D eigenvalue weighted by atomic mass is 9.82. The molecular formula is C28H42N4O4. The quantitative estimate of drug-likeness (QED) is 0.551. The van der Waals surface area contributed by atoms with Gasteiger partial charge in [0.1, 0.15) is 5.75 Å². The lowest BCUT2D eigenvalue weighted by Crippen LogP contribution is -2.55. The van der Waals surface area contributed by atoms with Crippen LogP contribution in [-0.4, -0.2) is 96.8 Å². The van der Waals surface area contributed by atoms with E-state index in [9.17, 15) is 14.4 Å². The molecule has 0 bridgehead atoms. The number of piperidine rings is 2. The zero-order valence-electron chi connectivity index (χ0n) is 22.0. The summed E-state index contributed by atoms with van der Waals surface area (Å²) in [6.07, 6.45) is 6.25. The van der Waals surface area contributed by atoms with Gasteiger partial charge in [-0.25, -0.2) is 0 Å². The number of piperazine rings is 1. The fourth-order valence-corrected chi connectivity index (χ4v) is 5.89. The molecule has 198 valence electrons. The second kappa shape index (κ2) is 12.6. The van der Waals surface area contributed by atoms with E-state index in [1.54, 1.807) is 7.11 Å². The Labute approximate surface area is 215 Å². The van der Waals surface area contributed by atoms with Crippen molar-refractivity contribution in [2.24, 2.45) is 5.92 Å². The van der Waals surface area contributed by atoms with Gasteiger partial charge in [-0.3, -0.25) is 19.3 Å². The third kappa shape index (κ3) is 6.02. The summed E-state index contributed by atoms with van der Waals surface area (Å²) in [7, 11) is 1.64. The monoisotopic (exact) mass is 498 g/mol. The fraction of sp³-hybridized carbons (Fsp3) is 0.679. The highest BCUT2D eigenvalue weighted by Crippen LogP contribution is 2.41. The Bertz CT molecular complexity index is 909. The Balaban J connectivity index is 1.45. The molecule has 0 radical (unpaired) electrons. The van der Waals surface area contributed by atoms with E-state index in [-0.39, 0.29) is 29.7 Å². The summed E-state index contributed by atoms with van der Waals surface area (Å²) in [5, 5.41) is 0. The maximum Gasteiger partial charge on any atom is 0.236 e. The smallest absolute Gasteiger partial charge is 0.236 e. The minimum atomic E-state index is -0.319. The number of ether oxygens (including phenoxy) is 1. The van der Waals surface area contributed by atoms with Crippen molar-refractivity contribution in [2.75, 3.05) is 59.5 Å². The van der Waals surface area contributed by atoms with Gasteiger partial charge >= 0.3 is 0 Å². The zero-order chi connectivity index (χ0) is 25.5. The number of para-hydroxylation sites is 1. The van der Waals surface area contributed by atoms with Gasteiger partial charge in [-0.2, -0.15) is 0 Å². The number of nitrogens with zero attached hydrogens (tertiary/aromatic N) is 4. The first-order chi connectivity index (χ1) is 17.5. The number of methoxy groups -OCH3 is 1. The second-order valence-electron chi connectivity index (χ2n) is 10.3. The standard InChI is InChI=1S/C28H42N4O4/c1-3-4-16-32-25(33)13-12-23(27(32)22-10-6-7-11-24(22)36-2)28(35)31-19-17-29(18-20-31)21-26(34)30-14-8-5-9-15-30/h6-7,10-11,23,27H,3-5,8-9,12-21H2,1-2H3. The first kappa shape index (κ1) is 26.5. The van der Waals surface area contributed by atoms with Gasteiger partial charge in [0.2, 0.25) is 17.7 Å². The minimum absolute atomic E-state index is 0.113. The molecule has 3 saturated heterocycles. The molecule has 3 fully saturated rings. The molecular weight excluding hydrogens is 456 g/mol. The van der Waals surface area contributed by atoms with Crippen molar-refractivity contribution in [1.29, 1.82) is 0 Å². The van der Waals surface area contributed by atoms with Crippen LogP contribution in [0.2, 0.25) is 0 Å². The highest BCUT2D eigenvalue weighted by atomic mass is 16.5. The first-order valence-electron chi connectivity index (χ1n) is 13.7. The van der Waals surface area contributed by atoms with Gasteiger partial charge < -0.3 is 19.4 Å². The van der Waals surface area contributed by atoms with Crippen molar-refractivity contribution in [3.05, 3.63) is 29.8 Å². The number of carbonyl (C=O) groups is 3. The summed E-state index contributed by atoms with van der Waals surface area (Å²) in [4.78, 5) is 47.6. The number of amides is 3. The largest absolute Gasteiger partial charge is 0.496 e. The summed E-state index contributed by atoms with van der Waals surface area (Å²) in [6, 6.07) is 7.46. The number of hydrogen-bond donors (Lipinski definition) is 0. The van der Waals surface area contributed by atoms with Gasteiger partial charge in [0.15, 0.2) is 0 Å². The van der Waals surface area contributed by atoms with Gasteiger partial charge in [0, 0.05) is 57.8 Å². The van der Waals surface area contributed by atoms with Gasteiger partial charge in [-0.05, 0) is 38.2 Å². The minimum Gasteiger partial charge on any atom is -0.496 e. The van der Waals surface area contributed by atoms with E-state index in [0.717, 1.165) is 50.1 Å². The molecule has 8 heteroatoms. The zero-order valence-corrected chi connectivity index (χ0v) is 22.0. The summed E-state index contributed by atoms with van der Waals surface area (Å²) in [5.74, 6) is 0.865. The van der Waals surface area contributed by atoms with Crippen LogP contribution in [0.1, 0.15) is 63.5 Å². The summed E-state index contributed by atoms with van der Waals surface area (Å²) >= 11 is 0. The molecule has 3 aliphatic rings. The number of carbonyl (C=O) groups excluding carboxylic acids is 3. The molecule has 0 N–H and O–H groups in total. The van der Waals surface area contributed by atoms with Crippen molar-refractivity contribution in [3.63, 3.8) is 0 Å². The van der Waals surface area contributed by atoms with Crippen LogP contribution in [0.3, 0.4) is 0 Å². The Morgan fingerprint density at radius 1 is 0.972 bits per heavy atom. The Kier molecular flexibility index (Phi) is 9.24. The van der Waals surface area contributed by atoms with Gasteiger partial charge in [-0.1, -0.05) is 31.5 Å². The van der Waals surface area contributed by atoms with E-state index >= 15 is 0 Å². The van der Waals surface area contributed by atoms with E-state index in [1.165, 1.54) is 6.42 Å². The molecule has 3 aliphatic heterocycles. The predicted molar refractivity (Wildman–Crippen MR) is 139 cm³/mol. The van der Waals surface area contributed by atoms with Crippen LogP contribution < -0.4 is 4.74 Å². The van der Waals surface area contributed by atoms with Crippen molar-refractivity contribution < 1.29 is 19.1 Å². The lowest BCUT2D eigenvalue weighted by Gasteiger charge is -2.44. The maximum atomic E-state index is 13.9. The molecule has 2 atom stereocenters. The first-order valence-corrected chi connectivity index (χ1v) is 13.7. The number of hydrogen-bond acceptors (Lipinski definition) is 5. The molecule has 0 aliphatic carbocycles. The summed E-state index contributed by atoms with van der Waals surface area (Å²) in [6.45, 7) is 7.58. The third-order valence-corrected chi connectivity index (χ3v) is 7.99. The number of benzene rings is 1. The van der Waals surface area contributed by atoms with Crippen LogP contribution in [0.15, 0.2) is 24.3 Å². The molecule has 3 amide bonds. The van der Waals surface area contributed by atoms with Gasteiger partial charge in [0.05, 0.1) is 25.6 Å². The number of likely N-dealkylation sites (tertiary alicyclic amines) is 2. The van der Waals surface area contributed by atoms with Crippen LogP contribution in [0.4, 0.5) is 0 Å². The molecule has 1 aromatic rings. The van der Waals surface area contributed by atoms with E-state index in [1.807, 2.05) is 39.0 Å². The van der Waals surface area contributed by atoms with Crippen molar-refractivity contribution in [3.8, 4) is 5.75 Å². The van der Waals surface area contributed by atoms with Gasteiger partial charge in [0.25, 0.3) is 0 Å². The molecule has 0 saturated carbocycles. The van der Waals surface area contributed by atoms with Crippen LogP contribution in [0.5, 0.6) is 5.75 Å². The average Bonchev–Trinajstić information content (AvgIpc) is 2.92. The van der Waals surface area contributed by atoms with Crippen LogP contribution in [-0.2, 0) is 14.4 Å². The topological polar surface area (TPSA) is 73.4 Å². The van der Waals surface area contributed by atoms with E-state index in [2.05, 4.69) is 11.8 Å². The normalized spacial score (nSPS) is 23.6. The number of unbranched alkanes of at least 4 members (excludes halogenated alkanes) is 1. The second-order valence-corrected chi connectivity index (χ2v) is 10.3. The van der Waals surface area contributed by atoms with Crippen LogP contribution >= 0.6 is 0 Å². The van der Waals surface area contributed by atoms with E-state index in [0.29, 0.717) is 52.1 Å². The third-order valence-electron chi connectivity index (χ3n) is 7.99. The molecule has 36 heavy (non-hydrogen) atoms. The highest BCUT2D eigenvalue weighted by Gasteiger charge is 2.43. The highest BCUT2D eigenvalue weighted by molar-refractivity contribution is 5.85. The SMILES string of the molecule is CCCCN1C(=O)CCC(C(=O)N2CCN(CC(=O)N3CCCCC3)CC2)C1c1ccccc1OC. The van der Waals surface area contributed by atoms with Crippen molar-refractivity contribution in [2.45, 2.75) is 57.9 Å².